The molecule has 1 aromatic carbocycles. The molecule has 0 aliphatic rings. The Bertz CT molecular complexity index is 476. The number of methoxy groups -OCH3 is 2. The molecule has 0 heterocycles. The SMILES string of the molecule is CCc1cc(C(N)CC(=O)O)c(OC)c(Br)c1OC. The fourth-order valence-corrected chi connectivity index (χ4v) is 2.76. The quantitative estimate of drug-likeness (QED) is 0.836. The highest BCUT2D eigenvalue weighted by Gasteiger charge is 2.22. The van der Waals surface area contributed by atoms with E-state index in [2.05, 4.69) is 15.9 Å². The lowest BCUT2D eigenvalue weighted by Crippen LogP contribution is -2.16. The lowest BCUT2D eigenvalue weighted by molar-refractivity contribution is -0.137. The van der Waals surface area contributed by atoms with Gasteiger partial charge in [-0.15, -0.1) is 0 Å². The molecule has 5 nitrogen and oxygen atoms in total. The number of ether oxygens (including phenoxy) is 2. The van der Waals surface area contributed by atoms with Crippen molar-refractivity contribution in [1.82, 2.24) is 0 Å². The molecule has 0 radical (unpaired) electrons. The molecule has 0 amide bonds. The zero-order valence-electron chi connectivity index (χ0n) is 11.2. The van der Waals surface area contributed by atoms with E-state index in [0.717, 1.165) is 12.0 Å². The third kappa shape index (κ3) is 3.39. The molecule has 1 rings (SSSR count). The molecule has 0 aromatic heterocycles. The van der Waals surface area contributed by atoms with E-state index in [1.165, 1.54) is 7.11 Å². The fourth-order valence-electron chi connectivity index (χ4n) is 1.95. The van der Waals surface area contributed by atoms with Crippen LogP contribution >= 0.6 is 15.9 Å². The van der Waals surface area contributed by atoms with Crippen molar-refractivity contribution >= 4 is 21.9 Å². The number of hydrogen-bond acceptors (Lipinski definition) is 4. The summed E-state index contributed by atoms with van der Waals surface area (Å²) in [6.07, 6.45) is 0.594. The van der Waals surface area contributed by atoms with Gasteiger partial charge in [0.2, 0.25) is 0 Å². The lowest BCUT2D eigenvalue weighted by Gasteiger charge is -2.20. The van der Waals surface area contributed by atoms with E-state index in [4.69, 9.17) is 20.3 Å². The third-order valence-electron chi connectivity index (χ3n) is 2.87. The Hall–Kier alpha value is -1.27. The maximum atomic E-state index is 10.8. The van der Waals surface area contributed by atoms with E-state index >= 15 is 0 Å². The average molecular weight is 332 g/mol. The van der Waals surface area contributed by atoms with Gasteiger partial charge in [0.1, 0.15) is 16.0 Å². The average Bonchev–Trinajstić information content (AvgIpc) is 2.36. The first kappa shape index (κ1) is 15.8. The van der Waals surface area contributed by atoms with E-state index in [1.807, 2.05) is 13.0 Å². The van der Waals surface area contributed by atoms with Gasteiger partial charge in [-0.25, -0.2) is 0 Å². The van der Waals surface area contributed by atoms with Gasteiger partial charge in [0.15, 0.2) is 0 Å². The van der Waals surface area contributed by atoms with Crippen molar-refractivity contribution in [3.05, 3.63) is 21.7 Å². The van der Waals surface area contributed by atoms with Crippen molar-refractivity contribution < 1.29 is 19.4 Å². The second-order valence-corrected chi connectivity index (χ2v) is 4.86. The molecule has 0 aliphatic carbocycles. The van der Waals surface area contributed by atoms with Crippen LogP contribution in [0, 0.1) is 0 Å². The van der Waals surface area contributed by atoms with Crippen LogP contribution in [0.25, 0.3) is 0 Å². The zero-order valence-corrected chi connectivity index (χ0v) is 12.8. The predicted octanol–water partition coefficient (Wildman–Crippen LogP) is 2.50. The highest BCUT2D eigenvalue weighted by Crippen LogP contribution is 2.42. The summed E-state index contributed by atoms with van der Waals surface area (Å²) in [4.78, 5) is 10.8. The van der Waals surface area contributed by atoms with Crippen LogP contribution in [-0.4, -0.2) is 25.3 Å². The number of aliphatic carboxylic acids is 1. The van der Waals surface area contributed by atoms with Crippen molar-refractivity contribution in [2.45, 2.75) is 25.8 Å². The number of rotatable bonds is 6. The summed E-state index contributed by atoms with van der Waals surface area (Å²) in [5, 5.41) is 8.85. The second kappa shape index (κ2) is 6.77. The van der Waals surface area contributed by atoms with Gasteiger partial charge < -0.3 is 20.3 Å². The van der Waals surface area contributed by atoms with E-state index in [0.29, 0.717) is 21.5 Å². The van der Waals surface area contributed by atoms with Crippen molar-refractivity contribution in [2.24, 2.45) is 5.73 Å². The second-order valence-electron chi connectivity index (χ2n) is 4.06. The van der Waals surface area contributed by atoms with Crippen molar-refractivity contribution in [1.29, 1.82) is 0 Å². The monoisotopic (exact) mass is 331 g/mol. The Morgan fingerprint density at radius 3 is 2.42 bits per heavy atom. The van der Waals surface area contributed by atoms with Gasteiger partial charge >= 0.3 is 5.97 Å². The highest BCUT2D eigenvalue weighted by molar-refractivity contribution is 9.10. The molecule has 1 unspecified atom stereocenters. The molecule has 0 spiro atoms. The van der Waals surface area contributed by atoms with Gasteiger partial charge in [-0.3, -0.25) is 4.79 Å². The number of halogens is 1. The van der Waals surface area contributed by atoms with Crippen molar-refractivity contribution in [3.63, 3.8) is 0 Å². The Labute approximate surface area is 120 Å². The first-order chi connectivity index (χ1) is 8.96. The summed E-state index contributed by atoms with van der Waals surface area (Å²) < 4.78 is 11.3. The number of benzene rings is 1. The van der Waals surface area contributed by atoms with Crippen molar-refractivity contribution in [2.75, 3.05) is 14.2 Å². The van der Waals surface area contributed by atoms with E-state index in [1.54, 1.807) is 7.11 Å². The normalized spacial score (nSPS) is 12.1. The Balaban J connectivity index is 3.38. The molecule has 6 heteroatoms. The predicted molar refractivity (Wildman–Crippen MR) is 75.8 cm³/mol. The Morgan fingerprint density at radius 2 is 2.00 bits per heavy atom. The molecule has 19 heavy (non-hydrogen) atoms. The molecular formula is C13H18BrNO4. The molecule has 1 atom stereocenters. The fraction of sp³-hybridized carbons (Fsp3) is 0.462. The Morgan fingerprint density at radius 1 is 1.42 bits per heavy atom. The van der Waals surface area contributed by atoms with Gasteiger partial charge in [0.05, 0.1) is 20.6 Å². The van der Waals surface area contributed by atoms with E-state index in [-0.39, 0.29) is 6.42 Å². The molecule has 1 aromatic rings. The number of carboxylic acid groups (broad SMARTS) is 1. The van der Waals surface area contributed by atoms with Gasteiger partial charge in [-0.1, -0.05) is 6.92 Å². The minimum absolute atomic E-state index is 0.154. The maximum absolute atomic E-state index is 10.8. The number of carbonyl (C=O) groups is 1. The van der Waals surface area contributed by atoms with Crippen molar-refractivity contribution in [3.8, 4) is 11.5 Å². The standard InChI is InChI=1S/C13H18BrNO4/c1-4-7-5-8(9(15)6-10(16)17)13(19-3)11(14)12(7)18-2/h5,9H,4,6,15H2,1-3H3,(H,16,17). The number of hydrogen-bond donors (Lipinski definition) is 2. The lowest BCUT2D eigenvalue weighted by atomic mass is 9.99. The highest BCUT2D eigenvalue weighted by atomic mass is 79.9. The number of aryl methyl sites for hydroxylation is 1. The van der Waals surface area contributed by atoms with Crippen LogP contribution in [0.2, 0.25) is 0 Å². The summed E-state index contributed by atoms with van der Waals surface area (Å²) in [5.74, 6) is 0.257. The molecule has 0 bridgehead atoms. The summed E-state index contributed by atoms with van der Waals surface area (Å²) in [6.45, 7) is 1.99. The van der Waals surface area contributed by atoms with Crippen LogP contribution in [-0.2, 0) is 11.2 Å². The van der Waals surface area contributed by atoms with E-state index in [9.17, 15) is 4.79 Å². The molecule has 0 fully saturated rings. The van der Waals surface area contributed by atoms with Crippen LogP contribution in [0.1, 0.15) is 30.5 Å². The van der Waals surface area contributed by atoms with Gasteiger partial charge in [-0.05, 0) is 34.0 Å². The summed E-state index contributed by atoms with van der Waals surface area (Å²) in [6, 6.07) is 1.22. The van der Waals surface area contributed by atoms with Crippen LogP contribution in [0.5, 0.6) is 11.5 Å². The van der Waals surface area contributed by atoms with Crippen LogP contribution < -0.4 is 15.2 Å². The molecule has 106 valence electrons. The zero-order chi connectivity index (χ0) is 14.6. The van der Waals surface area contributed by atoms with E-state index < -0.39 is 12.0 Å². The first-order valence-corrected chi connectivity index (χ1v) is 6.66. The molecule has 0 aliphatic heterocycles. The number of carboxylic acids is 1. The van der Waals surface area contributed by atoms with Gasteiger partial charge in [0.25, 0.3) is 0 Å². The Kier molecular flexibility index (Phi) is 5.62. The molecule has 0 saturated carbocycles. The molecule has 3 N–H and O–H groups in total. The summed E-state index contributed by atoms with van der Waals surface area (Å²) in [7, 11) is 3.09. The largest absolute Gasteiger partial charge is 0.495 e. The van der Waals surface area contributed by atoms with Crippen LogP contribution in [0.4, 0.5) is 0 Å². The third-order valence-corrected chi connectivity index (χ3v) is 3.59. The minimum atomic E-state index is -0.945. The topological polar surface area (TPSA) is 81.8 Å². The maximum Gasteiger partial charge on any atom is 0.305 e. The summed E-state index contributed by atoms with van der Waals surface area (Å²) >= 11 is 3.43. The van der Waals surface area contributed by atoms with Crippen LogP contribution in [0.15, 0.2) is 10.5 Å². The van der Waals surface area contributed by atoms with Crippen LogP contribution in [0.3, 0.4) is 0 Å². The summed E-state index contributed by atoms with van der Waals surface area (Å²) in [5.41, 5.74) is 7.55. The van der Waals surface area contributed by atoms with Gasteiger partial charge in [-0.2, -0.15) is 0 Å². The molecular weight excluding hydrogens is 314 g/mol. The van der Waals surface area contributed by atoms with Gasteiger partial charge in [0, 0.05) is 11.6 Å². The molecule has 0 saturated heterocycles. The smallest absolute Gasteiger partial charge is 0.305 e. The number of nitrogens with two attached hydrogens (primary N) is 1. The minimum Gasteiger partial charge on any atom is -0.495 e. The first-order valence-electron chi connectivity index (χ1n) is 5.86.